The Bertz CT molecular complexity index is 2410. The molecule has 8 nitrogen and oxygen atoms in total. The van der Waals surface area contributed by atoms with Gasteiger partial charge in [0, 0.05) is 0 Å². The minimum atomic E-state index is -0.449. The van der Waals surface area contributed by atoms with Crippen molar-refractivity contribution in [2.75, 3.05) is 26.4 Å². The SMILES string of the molecule is CCCCCCCCCCOC(=O)c1ccc2c3ccc(C(=O)OCCCCCCCCCC)c4c(C(=O)OCCCCCCCCCC)cc5[se]c6cc(C(=O)OCCCCCCCCCC)c1c2c6c5c43. The second-order valence-electron chi connectivity index (χ2n) is 21.0. The van der Waals surface area contributed by atoms with E-state index in [1.54, 1.807) is 12.1 Å². The number of unbranched alkanes of at least 4 members (excludes halogenated alkanes) is 28. The first-order valence-corrected chi connectivity index (χ1v) is 31.2. The quantitative estimate of drug-likeness (QED) is 0.00936. The molecule has 0 unspecified atom stereocenters. The molecule has 0 bridgehead atoms. The molecule has 0 amide bonds. The zero-order chi connectivity index (χ0) is 51.6. The molecule has 1 heterocycles. The molecule has 6 rings (SSSR count). The molecule has 400 valence electrons. The van der Waals surface area contributed by atoms with E-state index in [-0.39, 0.29) is 14.5 Å². The van der Waals surface area contributed by atoms with Gasteiger partial charge in [-0.3, -0.25) is 0 Å². The summed E-state index contributed by atoms with van der Waals surface area (Å²) in [5, 5.41) is 6.33. The Balaban J connectivity index is 1.35. The van der Waals surface area contributed by atoms with Gasteiger partial charge in [0.2, 0.25) is 0 Å². The van der Waals surface area contributed by atoms with Crippen molar-refractivity contribution in [2.24, 2.45) is 0 Å². The summed E-state index contributed by atoms with van der Waals surface area (Å²) in [4.78, 5) is 57.5. The number of rotatable bonds is 40. The molecule has 0 N–H and O–H groups in total. The van der Waals surface area contributed by atoms with Gasteiger partial charge in [0.15, 0.2) is 0 Å². The Kier molecular flexibility index (Phi) is 25.7. The van der Waals surface area contributed by atoms with Gasteiger partial charge >= 0.3 is 342 Å². The molecule has 0 aliphatic carbocycles. The van der Waals surface area contributed by atoms with E-state index in [0.717, 1.165) is 118 Å². The number of benzene rings is 5. The van der Waals surface area contributed by atoms with Crippen molar-refractivity contribution in [1.82, 2.24) is 0 Å². The fourth-order valence-electron chi connectivity index (χ4n) is 10.9. The van der Waals surface area contributed by atoms with Crippen molar-refractivity contribution in [1.29, 1.82) is 0 Å². The number of fused-ring (bicyclic) bond motifs is 1. The van der Waals surface area contributed by atoms with Crippen LogP contribution in [0, 0.1) is 0 Å². The van der Waals surface area contributed by atoms with Crippen molar-refractivity contribution in [3.63, 3.8) is 0 Å². The fourth-order valence-corrected chi connectivity index (χ4v) is 13.4. The zero-order valence-corrected chi connectivity index (χ0v) is 47.3. The van der Waals surface area contributed by atoms with E-state index in [9.17, 15) is 19.2 Å². The molecule has 0 fully saturated rings. The Morgan fingerprint density at radius 3 is 0.822 bits per heavy atom. The van der Waals surface area contributed by atoms with Gasteiger partial charge in [-0.15, -0.1) is 0 Å². The van der Waals surface area contributed by atoms with E-state index in [0.29, 0.717) is 59.5 Å². The van der Waals surface area contributed by atoms with Crippen molar-refractivity contribution in [3.8, 4) is 0 Å². The van der Waals surface area contributed by atoms with E-state index < -0.39 is 23.9 Å². The van der Waals surface area contributed by atoms with Gasteiger partial charge in [-0.2, -0.15) is 0 Å². The van der Waals surface area contributed by atoms with E-state index in [4.69, 9.17) is 18.9 Å². The summed E-state index contributed by atoms with van der Waals surface area (Å²) in [6.45, 7) is 10.2. The van der Waals surface area contributed by atoms with Gasteiger partial charge in [0.05, 0.1) is 0 Å². The molecule has 0 saturated carbocycles. The second kappa shape index (κ2) is 32.3. The zero-order valence-electron chi connectivity index (χ0n) is 45.6. The number of hydrogen-bond donors (Lipinski definition) is 0. The van der Waals surface area contributed by atoms with Crippen LogP contribution in [0.1, 0.15) is 275 Å². The van der Waals surface area contributed by atoms with Crippen molar-refractivity contribution >= 4 is 90.0 Å². The molecule has 0 spiro atoms. The van der Waals surface area contributed by atoms with E-state index in [1.165, 1.54) is 128 Å². The number of ether oxygens (including phenoxy) is 4. The average molecular weight is 1070 g/mol. The van der Waals surface area contributed by atoms with Crippen LogP contribution in [0.2, 0.25) is 0 Å². The minimum absolute atomic E-state index is 0.307. The number of hydrogen-bond acceptors (Lipinski definition) is 8. The number of carbonyl (C=O) groups is 4. The van der Waals surface area contributed by atoms with E-state index >= 15 is 0 Å². The maximum absolute atomic E-state index is 14.5. The van der Waals surface area contributed by atoms with Crippen LogP contribution in [0.25, 0.3) is 51.6 Å². The summed E-state index contributed by atoms with van der Waals surface area (Å²) in [6.07, 6.45) is 36.4. The van der Waals surface area contributed by atoms with Crippen LogP contribution in [0.3, 0.4) is 0 Å². The first kappa shape index (κ1) is 58.1. The molecule has 0 aliphatic heterocycles. The van der Waals surface area contributed by atoms with Crippen molar-refractivity contribution < 1.29 is 38.1 Å². The van der Waals surface area contributed by atoms with Crippen LogP contribution in [0.15, 0.2) is 36.4 Å². The first-order chi connectivity index (χ1) is 35.9. The van der Waals surface area contributed by atoms with Gasteiger partial charge in [0.25, 0.3) is 0 Å². The summed E-state index contributed by atoms with van der Waals surface area (Å²) in [6, 6.07) is 11.4. The third kappa shape index (κ3) is 16.4. The third-order valence-corrected chi connectivity index (χ3v) is 17.3. The molecule has 73 heavy (non-hydrogen) atoms. The number of esters is 4. The molecular formula is C64H90O8Se. The maximum atomic E-state index is 14.5. The Labute approximate surface area is 444 Å². The predicted molar refractivity (Wildman–Crippen MR) is 305 cm³/mol. The Morgan fingerprint density at radius 1 is 0.301 bits per heavy atom. The van der Waals surface area contributed by atoms with Crippen molar-refractivity contribution in [2.45, 2.75) is 233 Å². The molecule has 0 saturated heterocycles. The molecule has 0 aliphatic rings. The van der Waals surface area contributed by atoms with Gasteiger partial charge in [-0.05, 0) is 0 Å². The van der Waals surface area contributed by atoms with E-state index in [2.05, 4.69) is 27.7 Å². The normalized spacial score (nSPS) is 11.8. The molecule has 1 aromatic heterocycles. The van der Waals surface area contributed by atoms with Crippen LogP contribution >= 0.6 is 0 Å². The Hall–Kier alpha value is -4.20. The Morgan fingerprint density at radius 2 is 0.548 bits per heavy atom. The topological polar surface area (TPSA) is 105 Å². The molecular weight excluding hydrogens is 976 g/mol. The third-order valence-electron chi connectivity index (χ3n) is 15.1. The summed E-state index contributed by atoms with van der Waals surface area (Å²) >= 11 is -0.314. The van der Waals surface area contributed by atoms with Crippen molar-refractivity contribution in [3.05, 3.63) is 58.7 Å². The number of carbonyl (C=O) groups excluding carboxylic acids is 4. The van der Waals surface area contributed by atoms with Gasteiger partial charge < -0.3 is 0 Å². The molecule has 5 aromatic carbocycles. The summed E-state index contributed by atoms with van der Waals surface area (Å²) in [5.41, 5.74) is 1.44. The molecule has 0 atom stereocenters. The van der Waals surface area contributed by atoms with Crippen LogP contribution in [-0.4, -0.2) is 64.8 Å². The monoisotopic (exact) mass is 1070 g/mol. The van der Waals surface area contributed by atoms with Gasteiger partial charge in [0.1, 0.15) is 0 Å². The first-order valence-electron chi connectivity index (χ1n) is 29.5. The standard InChI is InChI=1S/C64H90O8Se/c1-5-9-13-17-21-25-29-33-41-69-61(65)49-39-37-47-48-38-40-50(62(66)70-42-34-30-26-22-18-14-10-6-2)56-52(64(68)72-44-36-32-28-24-20-16-12-8-4)46-54-60(58(48)56)59-53(73-54)45-51(55(49)57(47)59)63(67)71-43-35-31-27-23-19-15-11-7-3/h37-40,45-46H,5-36,41-44H2,1-4H3. The summed E-state index contributed by atoms with van der Waals surface area (Å²) < 4.78 is 26.2. The fraction of sp³-hybridized carbons (Fsp3) is 0.625. The molecule has 6 aromatic rings. The van der Waals surface area contributed by atoms with E-state index in [1.807, 2.05) is 24.3 Å². The average Bonchev–Trinajstić information content (AvgIpc) is 3.79. The van der Waals surface area contributed by atoms with Crippen LogP contribution in [0.4, 0.5) is 0 Å². The van der Waals surface area contributed by atoms with Crippen LogP contribution in [-0.2, 0) is 18.9 Å². The summed E-state index contributed by atoms with van der Waals surface area (Å²) in [5.74, 6) is -1.78. The molecule has 9 heteroatoms. The van der Waals surface area contributed by atoms with Crippen LogP contribution in [0.5, 0.6) is 0 Å². The predicted octanol–water partition coefficient (Wildman–Crippen LogP) is 18.6. The van der Waals surface area contributed by atoms with Crippen LogP contribution < -0.4 is 0 Å². The van der Waals surface area contributed by atoms with Gasteiger partial charge in [-0.25, -0.2) is 0 Å². The summed E-state index contributed by atoms with van der Waals surface area (Å²) in [7, 11) is 0. The molecule has 0 radical (unpaired) electrons. The second-order valence-corrected chi connectivity index (χ2v) is 23.2. The van der Waals surface area contributed by atoms with Gasteiger partial charge in [-0.1, -0.05) is 105 Å².